The van der Waals surface area contributed by atoms with Gasteiger partial charge in [0.15, 0.2) is 0 Å². The Morgan fingerprint density at radius 2 is 2.35 bits per heavy atom. The molecule has 0 unspecified atom stereocenters. The van der Waals surface area contributed by atoms with Gasteiger partial charge >= 0.3 is 5.97 Å². The lowest BCUT2D eigenvalue weighted by atomic mass is 10.2. The van der Waals surface area contributed by atoms with E-state index in [9.17, 15) is 4.79 Å². The van der Waals surface area contributed by atoms with E-state index >= 15 is 0 Å². The van der Waals surface area contributed by atoms with Crippen molar-refractivity contribution in [2.75, 3.05) is 12.9 Å². The molecule has 0 amide bonds. The van der Waals surface area contributed by atoms with Crippen LogP contribution in [-0.2, 0) is 16.0 Å². The van der Waals surface area contributed by atoms with Crippen molar-refractivity contribution >= 4 is 23.5 Å². The predicted octanol–water partition coefficient (Wildman–Crippen LogP) is 2.85. The average Bonchev–Trinajstić information content (AvgIpc) is 2.36. The molecular formula is C12H14N2O2S. The topological polar surface area (TPSA) is 43.5 Å². The smallest absolute Gasteiger partial charge is 0.306 e. The van der Waals surface area contributed by atoms with Crippen molar-refractivity contribution in [1.29, 1.82) is 0 Å². The standard InChI is InChI=1S/C12H14N2O2S/c1-4-16-12(15)6-5-9-7-10(17-3)8-11(13-2)14-9/h7-8H,4-6H2,1,3H3. The van der Waals surface area contributed by atoms with Gasteiger partial charge in [0.1, 0.15) is 5.69 Å². The largest absolute Gasteiger partial charge is 0.466 e. The number of ether oxygens (including phenoxy) is 1. The highest BCUT2D eigenvalue weighted by Crippen LogP contribution is 2.21. The van der Waals surface area contributed by atoms with Crippen molar-refractivity contribution in [3.63, 3.8) is 0 Å². The summed E-state index contributed by atoms with van der Waals surface area (Å²) in [6, 6.07) is 3.64. The van der Waals surface area contributed by atoms with Crippen LogP contribution in [0.25, 0.3) is 4.85 Å². The summed E-state index contributed by atoms with van der Waals surface area (Å²) >= 11 is 1.56. The van der Waals surface area contributed by atoms with Gasteiger partial charge in [0.25, 0.3) is 5.82 Å². The average molecular weight is 250 g/mol. The maximum absolute atomic E-state index is 11.2. The van der Waals surface area contributed by atoms with Gasteiger partial charge in [0, 0.05) is 11.3 Å². The van der Waals surface area contributed by atoms with E-state index in [0.717, 1.165) is 10.6 Å². The van der Waals surface area contributed by atoms with Gasteiger partial charge in [0.05, 0.1) is 13.0 Å². The van der Waals surface area contributed by atoms with E-state index in [1.165, 1.54) is 0 Å². The Morgan fingerprint density at radius 3 is 2.94 bits per heavy atom. The van der Waals surface area contributed by atoms with Gasteiger partial charge in [-0.05, 0) is 25.3 Å². The maximum atomic E-state index is 11.2. The first kappa shape index (κ1) is 13.5. The lowest BCUT2D eigenvalue weighted by molar-refractivity contribution is -0.143. The van der Waals surface area contributed by atoms with Crippen LogP contribution in [-0.4, -0.2) is 23.8 Å². The number of hydrogen-bond donors (Lipinski definition) is 0. The van der Waals surface area contributed by atoms with Crippen molar-refractivity contribution < 1.29 is 9.53 Å². The third-order valence-corrected chi connectivity index (χ3v) is 2.79. The first-order valence-corrected chi connectivity index (χ1v) is 6.50. The number of esters is 1. The van der Waals surface area contributed by atoms with E-state index in [-0.39, 0.29) is 5.97 Å². The SMILES string of the molecule is [C-]#[N+]c1cc(SC)cc(CCC(=O)OCC)n1. The molecule has 1 rings (SSSR count). The Balaban J connectivity index is 2.71. The fourth-order valence-electron chi connectivity index (χ4n) is 1.31. The van der Waals surface area contributed by atoms with E-state index in [4.69, 9.17) is 11.3 Å². The summed E-state index contributed by atoms with van der Waals surface area (Å²) in [4.78, 5) is 19.7. The minimum atomic E-state index is -0.229. The molecule has 0 aliphatic heterocycles. The lowest BCUT2D eigenvalue weighted by Gasteiger charge is -2.02. The fourth-order valence-corrected chi connectivity index (χ4v) is 1.79. The number of carbonyl (C=O) groups is 1. The van der Waals surface area contributed by atoms with Gasteiger partial charge < -0.3 is 9.58 Å². The quantitative estimate of drug-likeness (QED) is 0.458. The molecule has 0 aromatic carbocycles. The number of hydrogen-bond acceptors (Lipinski definition) is 4. The summed E-state index contributed by atoms with van der Waals surface area (Å²) in [5, 5.41) is 0. The number of rotatable bonds is 5. The first-order valence-electron chi connectivity index (χ1n) is 5.27. The van der Waals surface area contributed by atoms with Crippen LogP contribution in [0.4, 0.5) is 5.82 Å². The minimum Gasteiger partial charge on any atom is -0.466 e. The second-order valence-electron chi connectivity index (χ2n) is 3.27. The molecule has 0 N–H and O–H groups in total. The van der Waals surface area contributed by atoms with E-state index in [0.29, 0.717) is 25.3 Å². The molecular weight excluding hydrogens is 236 g/mol. The molecule has 0 saturated carbocycles. The molecule has 4 nitrogen and oxygen atoms in total. The van der Waals surface area contributed by atoms with Crippen LogP contribution < -0.4 is 0 Å². The zero-order valence-corrected chi connectivity index (χ0v) is 10.7. The molecule has 1 aromatic heterocycles. The van der Waals surface area contributed by atoms with Crippen molar-refractivity contribution in [3.8, 4) is 0 Å². The number of aromatic nitrogens is 1. The van der Waals surface area contributed by atoms with Crippen LogP contribution in [0.5, 0.6) is 0 Å². The summed E-state index contributed by atoms with van der Waals surface area (Å²) in [5.74, 6) is 0.143. The maximum Gasteiger partial charge on any atom is 0.306 e. The van der Waals surface area contributed by atoms with Gasteiger partial charge in [-0.2, -0.15) is 0 Å². The second-order valence-corrected chi connectivity index (χ2v) is 4.15. The third kappa shape index (κ3) is 4.45. The highest BCUT2D eigenvalue weighted by atomic mass is 32.2. The first-order chi connectivity index (χ1) is 8.19. The van der Waals surface area contributed by atoms with Gasteiger partial charge in [-0.1, -0.05) is 6.57 Å². The van der Waals surface area contributed by atoms with Crippen LogP contribution in [0, 0.1) is 6.57 Å². The Hall–Kier alpha value is -1.54. The molecule has 1 aromatic rings. The Kier molecular flexibility index (Phi) is 5.50. The summed E-state index contributed by atoms with van der Waals surface area (Å²) in [5.41, 5.74) is 0.760. The monoisotopic (exact) mass is 250 g/mol. The normalized spacial score (nSPS) is 9.71. The fraction of sp³-hybridized carbons (Fsp3) is 0.417. The number of carbonyl (C=O) groups excluding carboxylic acids is 1. The summed E-state index contributed by atoms with van der Waals surface area (Å²) in [7, 11) is 0. The second kappa shape index (κ2) is 6.92. The summed E-state index contributed by atoms with van der Waals surface area (Å²) in [6.45, 7) is 9.13. The molecule has 5 heteroatoms. The van der Waals surface area contributed by atoms with Crippen LogP contribution in [0.2, 0.25) is 0 Å². The number of pyridine rings is 1. The van der Waals surface area contributed by atoms with Crippen molar-refractivity contribution in [3.05, 3.63) is 29.2 Å². The highest BCUT2D eigenvalue weighted by Gasteiger charge is 2.08. The minimum absolute atomic E-state index is 0.229. The number of aryl methyl sites for hydroxylation is 1. The van der Waals surface area contributed by atoms with Crippen LogP contribution in [0.1, 0.15) is 19.0 Å². The molecule has 0 saturated heterocycles. The molecule has 0 aliphatic carbocycles. The molecule has 0 aliphatic rings. The third-order valence-electron chi connectivity index (χ3n) is 2.08. The molecule has 0 fully saturated rings. The summed E-state index contributed by atoms with van der Waals surface area (Å²) < 4.78 is 4.84. The van der Waals surface area contributed by atoms with Crippen LogP contribution in [0.3, 0.4) is 0 Å². The molecule has 1 heterocycles. The predicted molar refractivity (Wildman–Crippen MR) is 67.2 cm³/mol. The molecule has 0 bridgehead atoms. The molecule has 17 heavy (non-hydrogen) atoms. The number of thioether (sulfide) groups is 1. The molecule has 90 valence electrons. The van der Waals surface area contributed by atoms with E-state index < -0.39 is 0 Å². The summed E-state index contributed by atoms with van der Waals surface area (Å²) in [6.07, 6.45) is 2.75. The Labute approximate surface area is 105 Å². The van der Waals surface area contributed by atoms with Crippen molar-refractivity contribution in [2.24, 2.45) is 0 Å². The van der Waals surface area contributed by atoms with Gasteiger partial charge in [0.2, 0.25) is 0 Å². The van der Waals surface area contributed by atoms with Crippen molar-refractivity contribution in [2.45, 2.75) is 24.7 Å². The Morgan fingerprint density at radius 1 is 1.59 bits per heavy atom. The van der Waals surface area contributed by atoms with Crippen LogP contribution >= 0.6 is 11.8 Å². The van der Waals surface area contributed by atoms with Gasteiger partial charge in [-0.3, -0.25) is 4.79 Å². The molecule has 0 atom stereocenters. The highest BCUT2D eigenvalue weighted by molar-refractivity contribution is 7.98. The van der Waals surface area contributed by atoms with E-state index in [1.807, 2.05) is 12.3 Å². The zero-order valence-electron chi connectivity index (χ0n) is 9.90. The van der Waals surface area contributed by atoms with E-state index in [1.54, 1.807) is 24.8 Å². The molecule has 0 radical (unpaired) electrons. The molecule has 0 spiro atoms. The van der Waals surface area contributed by atoms with E-state index in [2.05, 4.69) is 9.83 Å². The Bertz CT molecular complexity index is 441. The lowest BCUT2D eigenvalue weighted by Crippen LogP contribution is -2.05. The van der Waals surface area contributed by atoms with Crippen molar-refractivity contribution in [1.82, 2.24) is 4.98 Å². The van der Waals surface area contributed by atoms with Gasteiger partial charge in [-0.25, -0.2) is 0 Å². The number of nitrogens with zero attached hydrogens (tertiary/aromatic N) is 2. The van der Waals surface area contributed by atoms with Crippen LogP contribution in [0.15, 0.2) is 17.0 Å². The van der Waals surface area contributed by atoms with Gasteiger partial charge in [-0.15, -0.1) is 16.7 Å². The zero-order chi connectivity index (χ0) is 12.7.